The number of nitroso groups, excluding NO2 is 1. The van der Waals surface area contributed by atoms with E-state index in [9.17, 15) is 9.59 Å². The lowest BCUT2D eigenvalue weighted by Crippen LogP contribution is -2.21. The SMILES string of the molecule is NC(N)=NN=O.O=C1CCCCC1=O. The lowest BCUT2D eigenvalue weighted by molar-refractivity contribution is -0.137. The van der Waals surface area contributed by atoms with Crippen LogP contribution >= 0.6 is 0 Å². The largest absolute Gasteiger partial charge is 0.368 e. The molecule has 0 saturated heterocycles. The maximum Gasteiger partial charge on any atom is 0.214 e. The Morgan fingerprint density at radius 3 is 1.64 bits per heavy atom. The van der Waals surface area contributed by atoms with E-state index in [0.29, 0.717) is 12.8 Å². The minimum Gasteiger partial charge on any atom is -0.368 e. The first-order valence-corrected chi connectivity index (χ1v) is 4.05. The number of carbonyl (C=O) groups is 2. The Morgan fingerprint density at radius 2 is 1.50 bits per heavy atom. The van der Waals surface area contributed by atoms with Gasteiger partial charge in [0.25, 0.3) is 0 Å². The molecule has 0 aromatic carbocycles. The number of rotatable bonds is 1. The second-order valence-corrected chi connectivity index (χ2v) is 2.66. The first-order chi connectivity index (χ1) is 6.57. The van der Waals surface area contributed by atoms with Gasteiger partial charge in [-0.15, -0.1) is 4.91 Å². The highest BCUT2D eigenvalue weighted by molar-refractivity contribution is 6.37. The third kappa shape index (κ3) is 5.81. The first-order valence-electron chi connectivity index (χ1n) is 4.05. The fraction of sp³-hybridized carbons (Fsp3) is 0.571. The van der Waals surface area contributed by atoms with Gasteiger partial charge in [-0.25, -0.2) is 0 Å². The first kappa shape index (κ1) is 12.2. The molecule has 7 nitrogen and oxygen atoms in total. The van der Waals surface area contributed by atoms with Gasteiger partial charge in [-0.1, -0.05) is 5.10 Å². The van der Waals surface area contributed by atoms with Crippen molar-refractivity contribution in [2.24, 2.45) is 21.9 Å². The van der Waals surface area contributed by atoms with Crippen molar-refractivity contribution >= 4 is 17.5 Å². The molecule has 1 aliphatic carbocycles. The number of Topliss-reactive ketones (excluding diaryl/α,β-unsaturated/α-hetero) is 2. The van der Waals surface area contributed by atoms with E-state index in [1.807, 2.05) is 5.29 Å². The molecule has 0 aliphatic heterocycles. The molecule has 0 unspecified atom stereocenters. The zero-order valence-electron chi connectivity index (χ0n) is 7.60. The number of carbonyl (C=O) groups excluding carboxylic acids is 2. The van der Waals surface area contributed by atoms with Crippen LogP contribution < -0.4 is 11.5 Å². The number of guanidine groups is 1. The Morgan fingerprint density at radius 1 is 1.07 bits per heavy atom. The number of hydrogen-bond donors (Lipinski definition) is 2. The lowest BCUT2D eigenvalue weighted by Gasteiger charge is -2.04. The van der Waals surface area contributed by atoms with Crippen molar-refractivity contribution in [1.29, 1.82) is 0 Å². The minimum atomic E-state index is -0.315. The second-order valence-electron chi connectivity index (χ2n) is 2.66. The van der Waals surface area contributed by atoms with Gasteiger partial charge < -0.3 is 11.5 Å². The normalized spacial score (nSPS) is 15.1. The zero-order chi connectivity index (χ0) is 11.0. The van der Waals surface area contributed by atoms with Crippen molar-refractivity contribution in [3.63, 3.8) is 0 Å². The van der Waals surface area contributed by atoms with Gasteiger partial charge in [-0.2, -0.15) is 0 Å². The zero-order valence-corrected chi connectivity index (χ0v) is 7.60. The second kappa shape index (κ2) is 6.70. The van der Waals surface area contributed by atoms with Gasteiger partial charge in [0.15, 0.2) is 11.6 Å². The molecule has 0 aromatic rings. The van der Waals surface area contributed by atoms with Gasteiger partial charge in [-0.05, 0) is 12.8 Å². The summed E-state index contributed by atoms with van der Waals surface area (Å²) in [7, 11) is 0. The molecule has 0 spiro atoms. The monoisotopic (exact) mass is 200 g/mol. The molecule has 0 atom stereocenters. The topological polar surface area (TPSA) is 128 Å². The fourth-order valence-electron chi connectivity index (χ4n) is 0.897. The quantitative estimate of drug-likeness (QED) is 0.196. The average molecular weight is 200 g/mol. The molecule has 1 saturated carbocycles. The van der Waals surface area contributed by atoms with Crippen LogP contribution in [0.4, 0.5) is 0 Å². The maximum atomic E-state index is 10.4. The summed E-state index contributed by atoms with van der Waals surface area (Å²) < 4.78 is 0. The van der Waals surface area contributed by atoms with E-state index in [1.165, 1.54) is 0 Å². The van der Waals surface area contributed by atoms with E-state index in [4.69, 9.17) is 4.91 Å². The van der Waals surface area contributed by atoms with E-state index in [0.717, 1.165) is 12.8 Å². The average Bonchev–Trinajstić information content (AvgIpc) is 2.11. The van der Waals surface area contributed by atoms with E-state index in [2.05, 4.69) is 16.6 Å². The molecule has 78 valence electrons. The van der Waals surface area contributed by atoms with E-state index < -0.39 is 0 Å². The number of hydrogen-bond acceptors (Lipinski definition) is 4. The highest BCUT2D eigenvalue weighted by atomic mass is 16.3. The standard InChI is InChI=1S/C6H8O2.CH4N4O/c7-5-3-1-2-4-6(5)8;2-1(3)4-5-6/h1-4H2;(H4,2,3,4,6). The summed E-state index contributed by atoms with van der Waals surface area (Å²) in [6.07, 6.45) is 2.78. The van der Waals surface area contributed by atoms with Crippen LogP contribution in [-0.4, -0.2) is 17.5 Å². The number of ketones is 2. The van der Waals surface area contributed by atoms with E-state index in [1.54, 1.807) is 0 Å². The molecule has 1 rings (SSSR count). The van der Waals surface area contributed by atoms with Gasteiger partial charge >= 0.3 is 0 Å². The van der Waals surface area contributed by atoms with Gasteiger partial charge in [0, 0.05) is 12.8 Å². The third-order valence-electron chi connectivity index (χ3n) is 1.52. The molecule has 1 fully saturated rings. The van der Waals surface area contributed by atoms with Gasteiger partial charge in [-0.3, -0.25) is 9.59 Å². The van der Waals surface area contributed by atoms with Crippen LogP contribution in [0.15, 0.2) is 10.4 Å². The van der Waals surface area contributed by atoms with Crippen molar-refractivity contribution in [1.82, 2.24) is 0 Å². The molecule has 1 aliphatic rings. The lowest BCUT2D eigenvalue weighted by atomic mass is 9.98. The number of nitrogens with two attached hydrogens (primary N) is 2. The third-order valence-corrected chi connectivity index (χ3v) is 1.52. The summed E-state index contributed by atoms with van der Waals surface area (Å²) in [6.45, 7) is 0. The Labute approximate surface area is 80.5 Å². The smallest absolute Gasteiger partial charge is 0.214 e. The van der Waals surface area contributed by atoms with Crippen molar-refractivity contribution in [3.8, 4) is 0 Å². The summed E-state index contributed by atoms with van der Waals surface area (Å²) in [5.41, 5.74) is 9.27. The molecular formula is C7H12N4O3. The summed E-state index contributed by atoms with van der Waals surface area (Å²) >= 11 is 0. The Balaban J connectivity index is 0.000000255. The van der Waals surface area contributed by atoms with Gasteiger partial charge in [0.2, 0.25) is 5.96 Å². The van der Waals surface area contributed by atoms with Crippen LogP contribution in [0.5, 0.6) is 0 Å². The van der Waals surface area contributed by atoms with Crippen molar-refractivity contribution < 1.29 is 9.59 Å². The highest BCUT2D eigenvalue weighted by Crippen LogP contribution is 2.09. The molecule has 0 radical (unpaired) electrons. The molecule has 7 heteroatoms. The van der Waals surface area contributed by atoms with Gasteiger partial charge in [0.05, 0.1) is 5.29 Å². The van der Waals surface area contributed by atoms with Crippen molar-refractivity contribution in [2.75, 3.05) is 0 Å². The summed E-state index contributed by atoms with van der Waals surface area (Å²) in [5, 5.41) is 4.69. The van der Waals surface area contributed by atoms with Crippen molar-refractivity contribution in [3.05, 3.63) is 4.91 Å². The summed E-state index contributed by atoms with van der Waals surface area (Å²) in [5.74, 6) is -0.655. The molecular weight excluding hydrogens is 188 g/mol. The molecule has 0 heterocycles. The van der Waals surface area contributed by atoms with Crippen LogP contribution in [0.2, 0.25) is 0 Å². The van der Waals surface area contributed by atoms with Crippen LogP contribution in [-0.2, 0) is 9.59 Å². The molecule has 0 amide bonds. The minimum absolute atomic E-state index is 0.170. The van der Waals surface area contributed by atoms with E-state index >= 15 is 0 Å². The Kier molecular flexibility index (Phi) is 5.84. The Bertz CT molecular complexity index is 242. The number of nitrogens with zero attached hydrogens (tertiary/aromatic N) is 2. The molecule has 0 bridgehead atoms. The summed E-state index contributed by atoms with van der Waals surface area (Å²) in [6, 6.07) is 0. The fourth-order valence-corrected chi connectivity index (χ4v) is 0.897. The van der Waals surface area contributed by atoms with Gasteiger partial charge in [0.1, 0.15) is 0 Å². The molecule has 14 heavy (non-hydrogen) atoms. The van der Waals surface area contributed by atoms with E-state index in [-0.39, 0.29) is 17.5 Å². The molecule has 4 N–H and O–H groups in total. The predicted molar refractivity (Wildman–Crippen MR) is 50.1 cm³/mol. The Hall–Kier alpha value is -1.79. The predicted octanol–water partition coefficient (Wildman–Crippen LogP) is -0.360. The van der Waals surface area contributed by atoms with Crippen LogP contribution in [0.3, 0.4) is 0 Å². The van der Waals surface area contributed by atoms with Crippen molar-refractivity contribution in [2.45, 2.75) is 25.7 Å². The summed E-state index contributed by atoms with van der Waals surface area (Å²) in [4.78, 5) is 29.9. The maximum absolute atomic E-state index is 10.4. The molecule has 0 aromatic heterocycles. The van der Waals surface area contributed by atoms with Crippen LogP contribution in [0.25, 0.3) is 0 Å². The van der Waals surface area contributed by atoms with Crippen LogP contribution in [0.1, 0.15) is 25.7 Å². The van der Waals surface area contributed by atoms with Crippen LogP contribution in [0, 0.1) is 4.91 Å². The highest BCUT2D eigenvalue weighted by Gasteiger charge is 2.16.